The molecule has 0 bridgehead atoms. The number of hydrogen-bond donors (Lipinski definition) is 2. The largest absolute Gasteiger partial charge is 0.339 e. The van der Waals surface area contributed by atoms with Crippen LogP contribution in [0.3, 0.4) is 0 Å². The first-order valence-electron chi connectivity index (χ1n) is 11.7. The van der Waals surface area contributed by atoms with Gasteiger partial charge in [-0.1, -0.05) is 58.6 Å². The molecule has 2 fully saturated rings. The molecule has 30 heavy (non-hydrogen) atoms. The van der Waals surface area contributed by atoms with Crippen molar-refractivity contribution in [3.63, 3.8) is 0 Å². The zero-order valence-electron chi connectivity index (χ0n) is 19.0. The SMILES string of the molecule is CC(C)(C)c1ccc(C(=O)N2CCC(C3CCCCCC(C(=O)NN)C3)CC2)cc1. The number of piperidine rings is 1. The van der Waals surface area contributed by atoms with Gasteiger partial charge in [-0.3, -0.25) is 15.0 Å². The van der Waals surface area contributed by atoms with Crippen LogP contribution in [0.2, 0.25) is 0 Å². The molecule has 166 valence electrons. The van der Waals surface area contributed by atoms with E-state index in [0.717, 1.165) is 50.8 Å². The summed E-state index contributed by atoms with van der Waals surface area (Å²) in [7, 11) is 0. The van der Waals surface area contributed by atoms with Gasteiger partial charge in [-0.25, -0.2) is 5.84 Å². The molecule has 1 saturated heterocycles. The van der Waals surface area contributed by atoms with Gasteiger partial charge in [0.25, 0.3) is 5.91 Å². The summed E-state index contributed by atoms with van der Waals surface area (Å²) in [6.45, 7) is 8.19. The normalized spacial score (nSPS) is 24.1. The maximum atomic E-state index is 13.0. The van der Waals surface area contributed by atoms with Crippen molar-refractivity contribution in [2.75, 3.05) is 13.1 Å². The number of carbonyl (C=O) groups excluding carboxylic acids is 2. The first kappa shape index (κ1) is 22.8. The van der Waals surface area contributed by atoms with E-state index in [4.69, 9.17) is 5.84 Å². The summed E-state index contributed by atoms with van der Waals surface area (Å²) >= 11 is 0. The fraction of sp³-hybridized carbons (Fsp3) is 0.680. The number of nitrogens with one attached hydrogen (secondary N) is 1. The number of hydrogen-bond acceptors (Lipinski definition) is 3. The Hall–Kier alpha value is -1.88. The van der Waals surface area contributed by atoms with Crippen molar-refractivity contribution in [1.29, 1.82) is 0 Å². The molecule has 0 aromatic heterocycles. The van der Waals surface area contributed by atoms with Crippen molar-refractivity contribution in [3.8, 4) is 0 Å². The number of amides is 2. The Morgan fingerprint density at radius 1 is 0.933 bits per heavy atom. The monoisotopic (exact) mass is 413 g/mol. The lowest BCUT2D eigenvalue weighted by Gasteiger charge is -2.38. The maximum Gasteiger partial charge on any atom is 0.253 e. The van der Waals surface area contributed by atoms with Crippen LogP contribution < -0.4 is 11.3 Å². The van der Waals surface area contributed by atoms with Crippen LogP contribution in [0.5, 0.6) is 0 Å². The van der Waals surface area contributed by atoms with Gasteiger partial charge < -0.3 is 4.90 Å². The lowest BCUT2D eigenvalue weighted by atomic mass is 9.74. The Kier molecular flexibility index (Phi) is 7.56. The van der Waals surface area contributed by atoms with Gasteiger partial charge in [-0.15, -0.1) is 0 Å². The summed E-state index contributed by atoms with van der Waals surface area (Å²) in [6, 6.07) is 8.11. The molecule has 3 rings (SSSR count). The first-order chi connectivity index (χ1) is 14.3. The highest BCUT2D eigenvalue weighted by molar-refractivity contribution is 5.94. The van der Waals surface area contributed by atoms with Gasteiger partial charge in [0.15, 0.2) is 0 Å². The topological polar surface area (TPSA) is 75.4 Å². The molecule has 1 heterocycles. The van der Waals surface area contributed by atoms with E-state index >= 15 is 0 Å². The second-order valence-corrected chi connectivity index (χ2v) is 10.3. The van der Waals surface area contributed by atoms with Crippen LogP contribution in [-0.2, 0) is 10.2 Å². The third-order valence-corrected chi connectivity index (χ3v) is 7.22. The zero-order chi connectivity index (χ0) is 21.7. The molecule has 2 atom stereocenters. The Balaban J connectivity index is 1.58. The number of rotatable bonds is 3. The minimum atomic E-state index is -0.00628. The molecule has 0 spiro atoms. The fourth-order valence-electron chi connectivity index (χ4n) is 5.23. The first-order valence-corrected chi connectivity index (χ1v) is 11.7. The van der Waals surface area contributed by atoms with Gasteiger partial charge in [0.2, 0.25) is 5.91 Å². The van der Waals surface area contributed by atoms with E-state index in [-0.39, 0.29) is 23.1 Å². The van der Waals surface area contributed by atoms with Gasteiger partial charge in [-0.05, 0) is 60.6 Å². The molecule has 3 N–H and O–H groups in total. The second-order valence-electron chi connectivity index (χ2n) is 10.3. The highest BCUT2D eigenvalue weighted by Crippen LogP contribution is 2.36. The lowest BCUT2D eigenvalue weighted by molar-refractivity contribution is -0.126. The Morgan fingerprint density at radius 3 is 2.17 bits per heavy atom. The van der Waals surface area contributed by atoms with Gasteiger partial charge in [0.1, 0.15) is 0 Å². The summed E-state index contributed by atoms with van der Waals surface area (Å²) in [5, 5.41) is 0. The summed E-state index contributed by atoms with van der Waals surface area (Å²) in [5.74, 6) is 6.76. The van der Waals surface area contributed by atoms with E-state index in [1.54, 1.807) is 0 Å². The van der Waals surface area contributed by atoms with Crippen LogP contribution in [0.1, 0.15) is 88.1 Å². The molecule has 5 heteroatoms. The molecule has 1 aromatic carbocycles. The zero-order valence-corrected chi connectivity index (χ0v) is 19.0. The molecule has 2 unspecified atom stereocenters. The molecule has 5 nitrogen and oxygen atoms in total. The standard InChI is InChI=1S/C25H39N3O2/c1-25(2,3)22-11-9-19(10-12-22)24(30)28-15-13-18(14-16-28)20-7-5-4-6-8-21(17-20)23(29)27-26/h9-12,18,20-21H,4-8,13-17,26H2,1-3H3,(H,27,29). The number of nitrogens with zero attached hydrogens (tertiary/aromatic N) is 1. The summed E-state index contributed by atoms with van der Waals surface area (Å²) in [4.78, 5) is 27.1. The number of carbonyl (C=O) groups is 2. The van der Waals surface area contributed by atoms with E-state index in [9.17, 15) is 9.59 Å². The van der Waals surface area contributed by atoms with Crippen LogP contribution >= 0.6 is 0 Å². The molecule has 1 aliphatic heterocycles. The van der Waals surface area contributed by atoms with Crippen LogP contribution in [0.15, 0.2) is 24.3 Å². The molecule has 2 amide bonds. The molecule has 1 aliphatic carbocycles. The third kappa shape index (κ3) is 5.63. The van der Waals surface area contributed by atoms with Crippen LogP contribution in [-0.4, -0.2) is 29.8 Å². The number of benzene rings is 1. The maximum absolute atomic E-state index is 13.0. The van der Waals surface area contributed by atoms with Crippen molar-refractivity contribution >= 4 is 11.8 Å². The average molecular weight is 414 g/mol. The van der Waals surface area contributed by atoms with Crippen molar-refractivity contribution in [1.82, 2.24) is 10.3 Å². The van der Waals surface area contributed by atoms with E-state index in [1.807, 2.05) is 17.0 Å². The van der Waals surface area contributed by atoms with E-state index in [0.29, 0.717) is 11.8 Å². The number of hydrazine groups is 1. The van der Waals surface area contributed by atoms with Crippen LogP contribution in [0, 0.1) is 17.8 Å². The van der Waals surface area contributed by atoms with Crippen molar-refractivity contribution in [2.24, 2.45) is 23.6 Å². The molecular weight excluding hydrogens is 374 g/mol. The van der Waals surface area contributed by atoms with E-state index in [1.165, 1.54) is 24.8 Å². The fourth-order valence-corrected chi connectivity index (χ4v) is 5.23. The van der Waals surface area contributed by atoms with Gasteiger partial charge in [-0.2, -0.15) is 0 Å². The molecule has 1 aromatic rings. The van der Waals surface area contributed by atoms with E-state index in [2.05, 4.69) is 38.3 Å². The van der Waals surface area contributed by atoms with Gasteiger partial charge in [0, 0.05) is 24.6 Å². The van der Waals surface area contributed by atoms with Gasteiger partial charge >= 0.3 is 0 Å². The summed E-state index contributed by atoms with van der Waals surface area (Å²) in [5.41, 5.74) is 4.49. The predicted molar refractivity (Wildman–Crippen MR) is 121 cm³/mol. The molecule has 1 saturated carbocycles. The average Bonchev–Trinajstić information content (AvgIpc) is 2.72. The number of nitrogens with two attached hydrogens (primary N) is 1. The molecule has 0 radical (unpaired) electrons. The second kappa shape index (κ2) is 9.95. The lowest BCUT2D eigenvalue weighted by Crippen LogP contribution is -2.42. The third-order valence-electron chi connectivity index (χ3n) is 7.22. The quantitative estimate of drug-likeness (QED) is 0.438. The van der Waals surface area contributed by atoms with Crippen molar-refractivity contribution in [3.05, 3.63) is 35.4 Å². The summed E-state index contributed by atoms with van der Waals surface area (Å²) < 4.78 is 0. The van der Waals surface area contributed by atoms with Crippen LogP contribution in [0.25, 0.3) is 0 Å². The Labute approximate surface area is 181 Å². The Bertz CT molecular complexity index is 715. The number of likely N-dealkylation sites (tertiary alicyclic amines) is 1. The van der Waals surface area contributed by atoms with Crippen molar-refractivity contribution in [2.45, 2.75) is 77.6 Å². The minimum Gasteiger partial charge on any atom is -0.339 e. The highest BCUT2D eigenvalue weighted by atomic mass is 16.2. The molecule has 2 aliphatic rings. The van der Waals surface area contributed by atoms with Gasteiger partial charge in [0.05, 0.1) is 0 Å². The smallest absolute Gasteiger partial charge is 0.253 e. The van der Waals surface area contributed by atoms with Crippen LogP contribution in [0.4, 0.5) is 0 Å². The van der Waals surface area contributed by atoms with Crippen molar-refractivity contribution < 1.29 is 9.59 Å². The Morgan fingerprint density at radius 2 is 1.57 bits per heavy atom. The predicted octanol–water partition coefficient (Wildman–Crippen LogP) is 4.41. The summed E-state index contributed by atoms with van der Waals surface area (Å²) in [6.07, 6.45) is 8.72. The minimum absolute atomic E-state index is 0.00628. The highest BCUT2D eigenvalue weighted by Gasteiger charge is 2.32. The van der Waals surface area contributed by atoms with E-state index < -0.39 is 0 Å². The molecular formula is C25H39N3O2.